The lowest BCUT2D eigenvalue weighted by Gasteiger charge is -2.12. The number of ether oxygens (including phenoxy) is 1. The van der Waals surface area contributed by atoms with Crippen LogP contribution in [0, 0.1) is 0 Å². The van der Waals surface area contributed by atoms with Crippen LogP contribution >= 0.6 is 0 Å². The Morgan fingerprint density at radius 3 is 2.95 bits per heavy atom. The monoisotopic (exact) mass is 275 g/mol. The topological polar surface area (TPSA) is 77.2 Å². The van der Waals surface area contributed by atoms with Gasteiger partial charge in [-0.1, -0.05) is 6.92 Å². The zero-order valence-electron chi connectivity index (χ0n) is 11.7. The van der Waals surface area contributed by atoms with Crippen molar-refractivity contribution in [2.24, 2.45) is 0 Å². The summed E-state index contributed by atoms with van der Waals surface area (Å²) >= 11 is 0. The molecule has 2 aromatic heterocycles. The second-order valence-electron chi connectivity index (χ2n) is 4.46. The van der Waals surface area contributed by atoms with Gasteiger partial charge in [0.15, 0.2) is 11.6 Å². The third-order valence-electron chi connectivity index (χ3n) is 2.45. The Morgan fingerprint density at radius 1 is 1.50 bits per heavy atom. The number of rotatable bonds is 5. The number of hydrogen-bond donors (Lipinski definition) is 1. The first kappa shape index (κ1) is 14.0. The maximum atomic E-state index is 12.1. The number of hydrogen-bond acceptors (Lipinski definition) is 5. The van der Waals surface area contributed by atoms with Crippen molar-refractivity contribution in [3.8, 4) is 5.88 Å². The van der Waals surface area contributed by atoms with E-state index in [0.717, 1.165) is 0 Å². The Bertz CT molecular complexity index is 593. The van der Waals surface area contributed by atoms with E-state index in [-0.39, 0.29) is 17.7 Å². The summed E-state index contributed by atoms with van der Waals surface area (Å²) in [5.41, 5.74) is 0.744. The smallest absolute Gasteiger partial charge is 0.277 e. The second kappa shape index (κ2) is 6.18. The van der Waals surface area contributed by atoms with Gasteiger partial charge < -0.3 is 14.5 Å². The van der Waals surface area contributed by atoms with Crippen molar-refractivity contribution in [3.05, 3.63) is 36.2 Å². The van der Waals surface area contributed by atoms with Crippen LogP contribution in [0.2, 0.25) is 0 Å². The van der Waals surface area contributed by atoms with Crippen molar-refractivity contribution in [2.75, 3.05) is 5.32 Å². The first-order valence-corrected chi connectivity index (χ1v) is 6.47. The number of oxazole rings is 1. The maximum absolute atomic E-state index is 12.1. The van der Waals surface area contributed by atoms with E-state index in [0.29, 0.717) is 23.9 Å². The summed E-state index contributed by atoms with van der Waals surface area (Å²) in [5.74, 6) is 0.560. The van der Waals surface area contributed by atoms with Crippen LogP contribution in [0.15, 0.2) is 29.0 Å². The molecule has 2 aromatic rings. The molecule has 106 valence electrons. The molecule has 0 aliphatic heterocycles. The summed E-state index contributed by atoms with van der Waals surface area (Å²) in [6, 6.07) is 3.45. The fraction of sp³-hybridized carbons (Fsp3) is 0.357. The minimum Gasteiger partial charge on any atom is -0.473 e. The van der Waals surface area contributed by atoms with E-state index in [1.54, 1.807) is 18.3 Å². The molecular weight excluding hydrogens is 258 g/mol. The van der Waals surface area contributed by atoms with Crippen molar-refractivity contribution in [3.63, 3.8) is 0 Å². The molecular formula is C14H17N3O3. The highest BCUT2D eigenvalue weighted by Crippen LogP contribution is 2.22. The molecule has 0 aliphatic carbocycles. The Hall–Kier alpha value is -2.37. The van der Waals surface area contributed by atoms with E-state index in [2.05, 4.69) is 15.3 Å². The number of nitrogens with zero attached hydrogens (tertiary/aromatic N) is 2. The molecule has 0 spiro atoms. The Kier molecular flexibility index (Phi) is 4.34. The van der Waals surface area contributed by atoms with Gasteiger partial charge in [-0.2, -0.15) is 0 Å². The molecule has 20 heavy (non-hydrogen) atoms. The van der Waals surface area contributed by atoms with Gasteiger partial charge in [0.25, 0.3) is 5.91 Å². The highest BCUT2D eigenvalue weighted by molar-refractivity contribution is 6.03. The largest absolute Gasteiger partial charge is 0.473 e. The van der Waals surface area contributed by atoms with E-state index in [1.165, 1.54) is 6.26 Å². The zero-order valence-corrected chi connectivity index (χ0v) is 11.7. The lowest BCUT2D eigenvalue weighted by Crippen LogP contribution is -2.15. The highest BCUT2D eigenvalue weighted by atomic mass is 16.5. The van der Waals surface area contributed by atoms with Crippen LogP contribution in [0.3, 0.4) is 0 Å². The molecule has 0 radical (unpaired) electrons. The van der Waals surface area contributed by atoms with Gasteiger partial charge in [0.2, 0.25) is 5.88 Å². The van der Waals surface area contributed by atoms with Crippen LogP contribution < -0.4 is 10.1 Å². The van der Waals surface area contributed by atoms with Gasteiger partial charge in [0, 0.05) is 12.6 Å². The number of amides is 1. The molecule has 1 N–H and O–H groups in total. The molecule has 0 aliphatic rings. The summed E-state index contributed by atoms with van der Waals surface area (Å²) in [5, 5.41) is 2.72. The van der Waals surface area contributed by atoms with Gasteiger partial charge in [-0.25, -0.2) is 9.97 Å². The predicted molar refractivity (Wildman–Crippen MR) is 73.8 cm³/mol. The molecule has 0 saturated carbocycles. The number of aromatic nitrogens is 2. The molecule has 2 rings (SSSR count). The Morgan fingerprint density at radius 2 is 2.30 bits per heavy atom. The summed E-state index contributed by atoms with van der Waals surface area (Å²) in [7, 11) is 0. The summed E-state index contributed by atoms with van der Waals surface area (Å²) in [4.78, 5) is 20.2. The molecule has 0 saturated heterocycles. The van der Waals surface area contributed by atoms with Gasteiger partial charge >= 0.3 is 0 Å². The van der Waals surface area contributed by atoms with Crippen molar-refractivity contribution in [2.45, 2.75) is 33.3 Å². The second-order valence-corrected chi connectivity index (χ2v) is 4.46. The molecule has 1 amide bonds. The van der Waals surface area contributed by atoms with E-state index >= 15 is 0 Å². The Balaban J connectivity index is 2.15. The summed E-state index contributed by atoms with van der Waals surface area (Å²) in [6.07, 6.45) is 3.56. The van der Waals surface area contributed by atoms with Gasteiger partial charge in [-0.15, -0.1) is 0 Å². The van der Waals surface area contributed by atoms with E-state index in [9.17, 15) is 4.79 Å². The predicted octanol–water partition coefficient (Wildman–Crippen LogP) is 2.67. The van der Waals surface area contributed by atoms with E-state index < -0.39 is 0 Å². The molecule has 2 heterocycles. The van der Waals surface area contributed by atoms with Gasteiger partial charge in [0.05, 0.1) is 6.10 Å². The average Bonchev–Trinajstić information content (AvgIpc) is 2.89. The quantitative estimate of drug-likeness (QED) is 0.907. The van der Waals surface area contributed by atoms with Crippen molar-refractivity contribution >= 4 is 11.6 Å². The number of carbonyl (C=O) groups is 1. The van der Waals surface area contributed by atoms with Crippen LogP contribution in [0.25, 0.3) is 0 Å². The molecule has 0 aromatic carbocycles. The number of aryl methyl sites for hydroxylation is 1. The van der Waals surface area contributed by atoms with Crippen molar-refractivity contribution < 1.29 is 13.9 Å². The van der Waals surface area contributed by atoms with Crippen LogP contribution in [0.5, 0.6) is 5.88 Å². The normalized spacial score (nSPS) is 10.6. The van der Waals surface area contributed by atoms with Crippen LogP contribution in [-0.4, -0.2) is 22.0 Å². The number of carbonyl (C=O) groups excluding carboxylic acids is 1. The first-order chi connectivity index (χ1) is 9.60. The minimum absolute atomic E-state index is 0.0284. The SMILES string of the molecule is CCc1nc(C(=O)Nc2cccnc2OC(C)C)co1. The standard InChI is InChI=1S/C14H17N3O3/c1-4-12-16-11(8-19-12)13(18)17-10-6-5-7-15-14(10)20-9(2)3/h5-9H,4H2,1-3H3,(H,17,18). The minimum atomic E-state index is -0.352. The lowest BCUT2D eigenvalue weighted by molar-refractivity contribution is 0.102. The van der Waals surface area contributed by atoms with Crippen molar-refractivity contribution in [1.29, 1.82) is 0 Å². The molecule has 0 fully saturated rings. The van der Waals surface area contributed by atoms with Crippen LogP contribution in [-0.2, 0) is 6.42 Å². The maximum Gasteiger partial charge on any atom is 0.277 e. The Labute approximate surface area is 117 Å². The third-order valence-corrected chi connectivity index (χ3v) is 2.45. The molecule has 0 bridgehead atoms. The average molecular weight is 275 g/mol. The fourth-order valence-corrected chi connectivity index (χ4v) is 1.57. The van der Waals surface area contributed by atoms with E-state index in [4.69, 9.17) is 9.15 Å². The number of pyridine rings is 1. The molecule has 6 heteroatoms. The van der Waals surface area contributed by atoms with E-state index in [1.807, 2.05) is 20.8 Å². The van der Waals surface area contributed by atoms with Gasteiger partial charge in [0.1, 0.15) is 12.0 Å². The summed E-state index contributed by atoms with van der Waals surface area (Å²) < 4.78 is 10.7. The third kappa shape index (κ3) is 3.34. The van der Waals surface area contributed by atoms with Gasteiger partial charge in [-0.3, -0.25) is 4.79 Å². The highest BCUT2D eigenvalue weighted by Gasteiger charge is 2.15. The van der Waals surface area contributed by atoms with Crippen molar-refractivity contribution in [1.82, 2.24) is 9.97 Å². The molecule has 0 atom stereocenters. The lowest BCUT2D eigenvalue weighted by atomic mass is 10.3. The van der Waals surface area contributed by atoms with Gasteiger partial charge in [-0.05, 0) is 26.0 Å². The number of nitrogens with one attached hydrogen (secondary N) is 1. The zero-order chi connectivity index (χ0) is 14.5. The molecule has 0 unspecified atom stereocenters. The van der Waals surface area contributed by atoms with Crippen LogP contribution in [0.4, 0.5) is 5.69 Å². The molecule has 6 nitrogen and oxygen atoms in total. The van der Waals surface area contributed by atoms with Crippen LogP contribution in [0.1, 0.15) is 37.2 Å². The number of anilines is 1. The fourth-order valence-electron chi connectivity index (χ4n) is 1.57. The first-order valence-electron chi connectivity index (χ1n) is 6.47. The summed E-state index contributed by atoms with van der Waals surface area (Å²) in [6.45, 7) is 5.69.